The minimum atomic E-state index is -0.172. The smallest absolute Gasteiger partial charge is 0.320 e. The third kappa shape index (κ3) is 4.40. The fraction of sp³-hybridized carbons (Fsp3) is 0.600. The minimum Gasteiger partial charge on any atom is -0.465 e. The van der Waals surface area contributed by atoms with E-state index in [-0.39, 0.29) is 5.97 Å². The van der Waals surface area contributed by atoms with Crippen molar-refractivity contribution in [1.82, 2.24) is 9.88 Å². The molecule has 4 nitrogen and oxygen atoms in total. The van der Waals surface area contributed by atoms with Crippen LogP contribution < -0.4 is 0 Å². The highest BCUT2D eigenvalue weighted by Crippen LogP contribution is 2.05. The summed E-state index contributed by atoms with van der Waals surface area (Å²) in [6.07, 6.45) is 0. The van der Waals surface area contributed by atoms with E-state index in [2.05, 4.69) is 4.98 Å². The maximum Gasteiger partial charge on any atom is 0.320 e. The number of thiazole rings is 1. The monoisotopic (exact) mass is 228 g/mol. The molecule has 0 atom stereocenters. The van der Waals surface area contributed by atoms with Crippen molar-refractivity contribution in [2.24, 2.45) is 0 Å². The number of hydrogen-bond donors (Lipinski definition) is 0. The number of likely N-dealkylation sites (N-methyl/N-ethyl adjacent to an activating group) is 1. The first-order valence-corrected chi connectivity index (χ1v) is 5.95. The van der Waals surface area contributed by atoms with Gasteiger partial charge in [0.2, 0.25) is 0 Å². The van der Waals surface area contributed by atoms with E-state index in [0.717, 1.165) is 12.2 Å². The van der Waals surface area contributed by atoms with E-state index in [1.165, 1.54) is 0 Å². The zero-order valence-electron chi connectivity index (χ0n) is 9.10. The van der Waals surface area contributed by atoms with Crippen LogP contribution in [-0.4, -0.2) is 35.5 Å². The Hall–Kier alpha value is -0.940. The second-order valence-electron chi connectivity index (χ2n) is 3.09. The lowest BCUT2D eigenvalue weighted by atomic mass is 10.4. The average Bonchev–Trinajstić information content (AvgIpc) is 2.70. The molecular formula is C10H16N2O2S. The summed E-state index contributed by atoms with van der Waals surface area (Å²) in [5.74, 6) is -0.172. The molecular weight excluding hydrogens is 212 g/mol. The average molecular weight is 228 g/mol. The van der Waals surface area contributed by atoms with Gasteiger partial charge in [-0.2, -0.15) is 0 Å². The maximum absolute atomic E-state index is 11.3. The molecule has 0 aromatic carbocycles. The standard InChI is InChI=1S/C10H16N2O2S/c1-3-12(6-10(13)14-4-2)5-9-7-15-8-11-9/h7-8H,3-6H2,1-2H3. The molecule has 0 aliphatic carbocycles. The Morgan fingerprint density at radius 2 is 2.40 bits per heavy atom. The number of ether oxygens (including phenoxy) is 1. The Morgan fingerprint density at radius 3 is 2.93 bits per heavy atom. The van der Waals surface area contributed by atoms with Gasteiger partial charge < -0.3 is 4.74 Å². The van der Waals surface area contributed by atoms with Crippen LogP contribution in [0.2, 0.25) is 0 Å². The van der Waals surface area contributed by atoms with Gasteiger partial charge in [0.15, 0.2) is 0 Å². The second kappa shape index (κ2) is 6.53. The Balaban J connectivity index is 2.39. The lowest BCUT2D eigenvalue weighted by Gasteiger charge is -2.17. The van der Waals surface area contributed by atoms with Crippen molar-refractivity contribution in [3.63, 3.8) is 0 Å². The van der Waals surface area contributed by atoms with Gasteiger partial charge in [-0.15, -0.1) is 11.3 Å². The fourth-order valence-electron chi connectivity index (χ4n) is 1.21. The molecule has 0 amide bonds. The summed E-state index contributed by atoms with van der Waals surface area (Å²) < 4.78 is 4.89. The largest absolute Gasteiger partial charge is 0.465 e. The van der Waals surface area contributed by atoms with Crippen LogP contribution in [0.5, 0.6) is 0 Å². The Labute approximate surface area is 93.9 Å². The topological polar surface area (TPSA) is 42.4 Å². The zero-order chi connectivity index (χ0) is 11.1. The lowest BCUT2D eigenvalue weighted by molar-refractivity contribution is -0.144. The number of carbonyl (C=O) groups excluding carboxylic acids is 1. The zero-order valence-corrected chi connectivity index (χ0v) is 9.92. The van der Waals surface area contributed by atoms with Crippen LogP contribution in [0.1, 0.15) is 19.5 Å². The molecule has 0 spiro atoms. The number of esters is 1. The van der Waals surface area contributed by atoms with Crippen molar-refractivity contribution < 1.29 is 9.53 Å². The number of nitrogens with zero attached hydrogens (tertiary/aromatic N) is 2. The van der Waals surface area contributed by atoms with Crippen LogP contribution in [0.4, 0.5) is 0 Å². The minimum absolute atomic E-state index is 0.172. The first-order valence-electron chi connectivity index (χ1n) is 5.01. The van der Waals surface area contributed by atoms with Gasteiger partial charge >= 0.3 is 5.97 Å². The summed E-state index contributed by atoms with van der Waals surface area (Å²) in [5.41, 5.74) is 2.80. The molecule has 0 unspecified atom stereocenters. The van der Waals surface area contributed by atoms with E-state index < -0.39 is 0 Å². The van der Waals surface area contributed by atoms with Crippen LogP contribution >= 0.6 is 11.3 Å². The van der Waals surface area contributed by atoms with Gasteiger partial charge in [0.25, 0.3) is 0 Å². The lowest BCUT2D eigenvalue weighted by Crippen LogP contribution is -2.30. The van der Waals surface area contributed by atoms with Gasteiger partial charge in [0, 0.05) is 11.9 Å². The number of aromatic nitrogens is 1. The highest BCUT2D eigenvalue weighted by atomic mass is 32.1. The molecule has 0 aliphatic heterocycles. The van der Waals surface area contributed by atoms with Crippen molar-refractivity contribution in [1.29, 1.82) is 0 Å². The predicted octanol–water partition coefficient (Wildman–Crippen LogP) is 1.53. The molecule has 1 rings (SSSR count). The molecule has 0 radical (unpaired) electrons. The van der Waals surface area contributed by atoms with Gasteiger partial charge in [0.05, 0.1) is 24.4 Å². The molecule has 0 aliphatic rings. The first-order chi connectivity index (χ1) is 7.26. The Kier molecular flexibility index (Phi) is 5.28. The number of carbonyl (C=O) groups is 1. The van der Waals surface area contributed by atoms with Gasteiger partial charge in [-0.05, 0) is 13.5 Å². The van der Waals surface area contributed by atoms with Gasteiger partial charge in [-0.1, -0.05) is 6.92 Å². The van der Waals surface area contributed by atoms with E-state index in [1.54, 1.807) is 16.8 Å². The van der Waals surface area contributed by atoms with E-state index in [0.29, 0.717) is 19.7 Å². The third-order valence-corrected chi connectivity index (χ3v) is 2.61. The normalized spacial score (nSPS) is 10.6. The van der Waals surface area contributed by atoms with Gasteiger partial charge in [-0.3, -0.25) is 9.69 Å². The molecule has 0 N–H and O–H groups in total. The third-order valence-electron chi connectivity index (χ3n) is 1.97. The molecule has 1 aromatic rings. The summed E-state index contributed by atoms with van der Waals surface area (Å²) in [4.78, 5) is 17.4. The molecule has 5 heteroatoms. The van der Waals surface area contributed by atoms with E-state index in [4.69, 9.17) is 4.74 Å². The molecule has 0 bridgehead atoms. The quantitative estimate of drug-likeness (QED) is 0.692. The summed E-state index contributed by atoms with van der Waals surface area (Å²) in [6, 6.07) is 0. The summed E-state index contributed by atoms with van der Waals surface area (Å²) in [5, 5.41) is 1.99. The molecule has 1 aromatic heterocycles. The van der Waals surface area contributed by atoms with Crippen LogP contribution in [0.25, 0.3) is 0 Å². The van der Waals surface area contributed by atoms with Crippen molar-refractivity contribution in [2.45, 2.75) is 20.4 Å². The van der Waals surface area contributed by atoms with Gasteiger partial charge in [0.1, 0.15) is 0 Å². The van der Waals surface area contributed by atoms with Crippen molar-refractivity contribution in [3.05, 3.63) is 16.6 Å². The number of hydrogen-bond acceptors (Lipinski definition) is 5. The van der Waals surface area contributed by atoms with E-state index in [1.807, 2.05) is 24.1 Å². The molecule has 84 valence electrons. The Morgan fingerprint density at radius 1 is 1.60 bits per heavy atom. The maximum atomic E-state index is 11.3. The highest BCUT2D eigenvalue weighted by Gasteiger charge is 2.10. The fourth-order valence-corrected chi connectivity index (χ4v) is 1.76. The van der Waals surface area contributed by atoms with Crippen molar-refractivity contribution >= 4 is 17.3 Å². The molecule has 0 saturated carbocycles. The molecule has 15 heavy (non-hydrogen) atoms. The van der Waals surface area contributed by atoms with Crippen LogP contribution in [-0.2, 0) is 16.1 Å². The van der Waals surface area contributed by atoms with Crippen molar-refractivity contribution in [3.8, 4) is 0 Å². The summed E-state index contributed by atoms with van der Waals surface area (Å²) in [7, 11) is 0. The van der Waals surface area contributed by atoms with E-state index >= 15 is 0 Å². The van der Waals surface area contributed by atoms with Crippen molar-refractivity contribution in [2.75, 3.05) is 19.7 Å². The number of rotatable bonds is 6. The summed E-state index contributed by atoms with van der Waals surface area (Å²) in [6.45, 7) is 6.13. The first kappa shape index (κ1) is 12.1. The SMILES string of the molecule is CCOC(=O)CN(CC)Cc1cscn1. The van der Waals surface area contributed by atoms with E-state index in [9.17, 15) is 4.79 Å². The molecule has 0 saturated heterocycles. The van der Waals surface area contributed by atoms with Crippen LogP contribution in [0.3, 0.4) is 0 Å². The molecule has 0 fully saturated rings. The predicted molar refractivity (Wildman–Crippen MR) is 59.7 cm³/mol. The Bertz CT molecular complexity index is 288. The molecule has 1 heterocycles. The highest BCUT2D eigenvalue weighted by molar-refractivity contribution is 7.07. The van der Waals surface area contributed by atoms with Gasteiger partial charge in [-0.25, -0.2) is 4.98 Å². The summed E-state index contributed by atoms with van der Waals surface area (Å²) >= 11 is 1.57. The van der Waals surface area contributed by atoms with Crippen LogP contribution in [0, 0.1) is 0 Å². The second-order valence-corrected chi connectivity index (χ2v) is 3.81. The van der Waals surface area contributed by atoms with Crippen LogP contribution in [0.15, 0.2) is 10.9 Å².